The Morgan fingerprint density at radius 2 is 2.10 bits per heavy atom. The van der Waals surface area contributed by atoms with Crippen LogP contribution >= 0.6 is 27.3 Å². The van der Waals surface area contributed by atoms with Gasteiger partial charge in [-0.2, -0.15) is 5.10 Å². The van der Waals surface area contributed by atoms with Gasteiger partial charge in [-0.25, -0.2) is 5.01 Å². The van der Waals surface area contributed by atoms with Gasteiger partial charge >= 0.3 is 0 Å². The Bertz CT molecular complexity index is 1100. The largest absolute Gasteiger partial charge is 0.492 e. The van der Waals surface area contributed by atoms with Crippen molar-refractivity contribution >= 4 is 33.0 Å². The molecule has 0 aliphatic carbocycles. The van der Waals surface area contributed by atoms with E-state index >= 15 is 0 Å². The van der Waals surface area contributed by atoms with Crippen molar-refractivity contribution in [2.45, 2.75) is 25.6 Å². The molecular weight excluding hydrogens is 464 g/mol. The van der Waals surface area contributed by atoms with Gasteiger partial charge in [0.25, 0.3) is 0 Å². The smallest absolute Gasteiger partial charge is 0.214 e. The number of ether oxygens (including phenoxy) is 3. The van der Waals surface area contributed by atoms with Gasteiger partial charge in [0.1, 0.15) is 5.75 Å². The van der Waals surface area contributed by atoms with Crippen LogP contribution in [0, 0.1) is 0 Å². The minimum Gasteiger partial charge on any atom is -0.492 e. The maximum atomic E-state index is 6.46. The van der Waals surface area contributed by atoms with Gasteiger partial charge in [0.05, 0.1) is 34.8 Å². The highest BCUT2D eigenvalue weighted by molar-refractivity contribution is 9.10. The highest BCUT2D eigenvalue weighted by atomic mass is 79.9. The monoisotopic (exact) mass is 484 g/mol. The molecule has 2 aromatic carbocycles. The lowest BCUT2D eigenvalue weighted by Crippen LogP contribution is -2.33. The minimum absolute atomic E-state index is 0.133. The zero-order valence-electron chi connectivity index (χ0n) is 16.7. The summed E-state index contributed by atoms with van der Waals surface area (Å²) in [5.41, 5.74) is 3.22. The summed E-state index contributed by atoms with van der Waals surface area (Å²) in [4.78, 5) is 1.20. The number of methoxy groups -OCH3 is 1. The van der Waals surface area contributed by atoms with Gasteiger partial charge in [-0.1, -0.05) is 24.3 Å². The second-order valence-corrected chi connectivity index (χ2v) is 8.90. The fourth-order valence-corrected chi connectivity index (χ4v) is 5.38. The molecule has 0 bridgehead atoms. The van der Waals surface area contributed by atoms with Crippen LogP contribution in [0.5, 0.6) is 17.2 Å². The fourth-order valence-electron chi connectivity index (χ4n) is 4.04. The Morgan fingerprint density at radius 1 is 1.23 bits per heavy atom. The van der Waals surface area contributed by atoms with Crippen LogP contribution in [-0.2, 0) is 0 Å². The number of para-hydroxylation sites is 1. The molecule has 5 nitrogen and oxygen atoms in total. The van der Waals surface area contributed by atoms with E-state index in [-0.39, 0.29) is 12.3 Å². The Morgan fingerprint density at radius 3 is 2.87 bits per heavy atom. The number of rotatable bonds is 5. The molecule has 5 rings (SSSR count). The first-order valence-corrected chi connectivity index (χ1v) is 11.5. The summed E-state index contributed by atoms with van der Waals surface area (Å²) in [6.45, 7) is 2.51. The normalized spacial score (nSPS) is 19.6. The van der Waals surface area contributed by atoms with Gasteiger partial charge in [0.15, 0.2) is 11.5 Å². The van der Waals surface area contributed by atoms with E-state index in [0.29, 0.717) is 18.1 Å². The Labute approximate surface area is 188 Å². The number of nitrogens with zero attached hydrogens (tertiary/aromatic N) is 2. The summed E-state index contributed by atoms with van der Waals surface area (Å²) < 4.78 is 18.7. The van der Waals surface area contributed by atoms with Crippen molar-refractivity contribution in [1.29, 1.82) is 0 Å². The third kappa shape index (κ3) is 3.26. The minimum atomic E-state index is -0.358. The number of thiophene rings is 1. The van der Waals surface area contributed by atoms with E-state index in [4.69, 9.17) is 19.3 Å². The Balaban J connectivity index is 1.61. The van der Waals surface area contributed by atoms with Crippen LogP contribution in [0.2, 0.25) is 0 Å². The molecule has 1 aromatic heterocycles. The van der Waals surface area contributed by atoms with Crippen molar-refractivity contribution in [2.75, 3.05) is 13.7 Å². The quantitative estimate of drug-likeness (QED) is 0.434. The van der Waals surface area contributed by atoms with Crippen molar-refractivity contribution < 1.29 is 14.2 Å². The molecule has 0 saturated carbocycles. The van der Waals surface area contributed by atoms with Gasteiger partial charge in [-0.05, 0) is 52.5 Å². The van der Waals surface area contributed by atoms with Gasteiger partial charge in [0.2, 0.25) is 6.23 Å². The molecule has 0 saturated heterocycles. The van der Waals surface area contributed by atoms with Crippen molar-refractivity contribution in [3.63, 3.8) is 0 Å². The molecule has 2 aliphatic heterocycles. The van der Waals surface area contributed by atoms with Gasteiger partial charge < -0.3 is 14.2 Å². The lowest BCUT2D eigenvalue weighted by molar-refractivity contribution is -0.0192. The molecule has 154 valence electrons. The Kier molecular flexibility index (Phi) is 5.16. The molecule has 3 heterocycles. The molecule has 2 aliphatic rings. The predicted octanol–water partition coefficient (Wildman–Crippen LogP) is 6.16. The van der Waals surface area contributed by atoms with E-state index in [1.165, 1.54) is 10.4 Å². The summed E-state index contributed by atoms with van der Waals surface area (Å²) >= 11 is 5.35. The van der Waals surface area contributed by atoms with Crippen LogP contribution in [0.15, 0.2) is 63.5 Å². The summed E-state index contributed by atoms with van der Waals surface area (Å²) in [6.07, 6.45) is 0.497. The lowest BCUT2D eigenvalue weighted by atomic mass is 9.97. The average Bonchev–Trinajstić information content (AvgIpc) is 3.43. The number of fused-ring (bicyclic) bond motifs is 3. The standard InChI is InChI=1S/C23H21BrN2O3S/c1-3-28-20-12-14(11-16(24)22(20)27-2)23-26-18(15-7-4-5-8-19(15)29-23)13-17(25-26)21-9-6-10-30-21/h4-12,18,23H,3,13H2,1-2H3/t18-,23+/m1/s1. The van der Waals surface area contributed by atoms with E-state index < -0.39 is 0 Å². The fraction of sp³-hybridized carbons (Fsp3) is 0.261. The average molecular weight is 485 g/mol. The van der Waals surface area contributed by atoms with Crippen LogP contribution in [0.25, 0.3) is 0 Å². The van der Waals surface area contributed by atoms with Gasteiger partial charge in [0, 0.05) is 17.5 Å². The molecule has 2 atom stereocenters. The van der Waals surface area contributed by atoms with Crippen LogP contribution in [0.1, 0.15) is 41.6 Å². The highest BCUT2D eigenvalue weighted by Crippen LogP contribution is 2.49. The third-order valence-corrected chi connectivity index (χ3v) is 6.83. The first kappa shape index (κ1) is 19.5. The number of benzene rings is 2. The SMILES string of the molecule is CCOc1cc([C@@H]2Oc3ccccc3[C@H]3CC(c4cccs4)=NN32)cc(Br)c1OC. The second-order valence-electron chi connectivity index (χ2n) is 7.10. The number of halogens is 1. The molecule has 0 N–H and O–H groups in total. The van der Waals surface area contributed by atoms with Crippen LogP contribution in [-0.4, -0.2) is 24.4 Å². The van der Waals surface area contributed by atoms with Crippen LogP contribution < -0.4 is 14.2 Å². The zero-order valence-corrected chi connectivity index (χ0v) is 19.1. The molecule has 7 heteroatoms. The molecule has 0 amide bonds. The van der Waals surface area contributed by atoms with E-state index in [1.807, 2.05) is 31.2 Å². The molecule has 0 radical (unpaired) electrons. The lowest BCUT2D eigenvalue weighted by Gasteiger charge is -2.38. The van der Waals surface area contributed by atoms with Gasteiger partial charge in [-0.15, -0.1) is 11.3 Å². The van der Waals surface area contributed by atoms with Crippen molar-refractivity contribution in [2.24, 2.45) is 5.10 Å². The summed E-state index contributed by atoms with van der Waals surface area (Å²) in [5, 5.41) is 9.18. The topological polar surface area (TPSA) is 43.3 Å². The Hall–Kier alpha value is -2.51. The maximum Gasteiger partial charge on any atom is 0.214 e. The van der Waals surface area contributed by atoms with Crippen molar-refractivity contribution in [3.05, 3.63) is 74.4 Å². The van der Waals surface area contributed by atoms with E-state index in [0.717, 1.165) is 27.9 Å². The zero-order chi connectivity index (χ0) is 20.7. The summed E-state index contributed by atoms with van der Waals surface area (Å²) in [7, 11) is 1.64. The van der Waals surface area contributed by atoms with Crippen molar-refractivity contribution in [3.8, 4) is 17.2 Å². The predicted molar refractivity (Wildman–Crippen MR) is 122 cm³/mol. The molecule has 0 unspecified atom stereocenters. The van der Waals surface area contributed by atoms with E-state index in [2.05, 4.69) is 50.6 Å². The maximum absolute atomic E-state index is 6.46. The van der Waals surface area contributed by atoms with E-state index in [9.17, 15) is 0 Å². The number of hydrogen-bond acceptors (Lipinski definition) is 6. The highest BCUT2D eigenvalue weighted by Gasteiger charge is 2.41. The summed E-state index contributed by atoms with van der Waals surface area (Å²) in [6, 6.07) is 16.6. The second kappa shape index (κ2) is 7.96. The molecule has 30 heavy (non-hydrogen) atoms. The third-order valence-electron chi connectivity index (χ3n) is 5.33. The number of hydrazone groups is 1. The molecule has 0 fully saturated rings. The summed E-state index contributed by atoms with van der Waals surface area (Å²) in [5.74, 6) is 2.26. The first-order valence-electron chi connectivity index (χ1n) is 9.85. The molecular formula is C23H21BrN2O3S. The van der Waals surface area contributed by atoms with E-state index in [1.54, 1.807) is 18.4 Å². The van der Waals surface area contributed by atoms with Crippen molar-refractivity contribution in [1.82, 2.24) is 5.01 Å². The molecule has 0 spiro atoms. The number of hydrogen-bond donors (Lipinski definition) is 0. The van der Waals surface area contributed by atoms with Crippen LogP contribution in [0.3, 0.4) is 0 Å². The molecule has 3 aromatic rings. The first-order chi connectivity index (χ1) is 14.7. The van der Waals surface area contributed by atoms with Gasteiger partial charge in [-0.3, -0.25) is 0 Å². The van der Waals surface area contributed by atoms with Crippen LogP contribution in [0.4, 0.5) is 0 Å².